The van der Waals surface area contributed by atoms with Crippen LogP contribution in [0.25, 0.3) is 10.1 Å². The Balaban J connectivity index is 2.76. The fourth-order valence-electron chi connectivity index (χ4n) is 1.40. The summed E-state index contributed by atoms with van der Waals surface area (Å²) < 4.78 is 6.40. The maximum atomic E-state index is 6.03. The number of hydrogen-bond donors (Lipinski definition) is 0. The van der Waals surface area contributed by atoms with Crippen molar-refractivity contribution in [2.24, 2.45) is 0 Å². The molecule has 0 saturated heterocycles. The highest BCUT2D eigenvalue weighted by atomic mass is 79.9. The molecule has 1 aromatic heterocycles. The topological polar surface area (TPSA) is 9.23 Å². The molecule has 0 aliphatic rings. The van der Waals surface area contributed by atoms with Crippen molar-refractivity contribution in [3.63, 3.8) is 0 Å². The Bertz CT molecular complexity index is 466. The number of fused-ring (bicyclic) bond motifs is 1. The maximum absolute atomic E-state index is 6.03. The molecule has 0 amide bonds. The first kappa shape index (κ1) is 10.3. The molecular weight excluding hydrogens is 284 g/mol. The lowest BCUT2D eigenvalue weighted by atomic mass is 10.2. The standard InChI is InChI=1S/C10H8BrClOS/c1-13-9-8(12)3-2-7-6(4-11)5-14-10(7)9/h2-3,5H,4H2,1H3. The fourth-order valence-corrected chi connectivity index (χ4v) is 3.46. The summed E-state index contributed by atoms with van der Waals surface area (Å²) in [4.78, 5) is 0. The fraction of sp³-hybridized carbons (Fsp3) is 0.200. The number of benzene rings is 1. The van der Waals surface area contributed by atoms with Crippen molar-refractivity contribution in [3.8, 4) is 5.75 Å². The Hall–Kier alpha value is -0.250. The predicted octanol–water partition coefficient (Wildman–Crippen LogP) is 4.46. The van der Waals surface area contributed by atoms with Crippen molar-refractivity contribution < 1.29 is 4.74 Å². The molecule has 0 aliphatic heterocycles. The van der Waals surface area contributed by atoms with E-state index in [1.54, 1.807) is 18.4 Å². The van der Waals surface area contributed by atoms with Crippen LogP contribution < -0.4 is 4.74 Å². The van der Waals surface area contributed by atoms with Gasteiger partial charge in [-0.2, -0.15) is 0 Å². The molecule has 0 spiro atoms. The molecular formula is C10H8BrClOS. The summed E-state index contributed by atoms with van der Waals surface area (Å²) in [6.07, 6.45) is 0. The van der Waals surface area contributed by atoms with Crippen LogP contribution in [0.1, 0.15) is 5.56 Å². The molecule has 1 nitrogen and oxygen atoms in total. The van der Waals surface area contributed by atoms with Gasteiger partial charge in [0.1, 0.15) is 0 Å². The third-order valence-electron chi connectivity index (χ3n) is 2.08. The molecule has 0 N–H and O–H groups in total. The molecule has 4 heteroatoms. The Morgan fingerprint density at radius 1 is 1.50 bits per heavy atom. The van der Waals surface area contributed by atoms with Crippen molar-refractivity contribution in [1.82, 2.24) is 0 Å². The van der Waals surface area contributed by atoms with Crippen LogP contribution in [0.2, 0.25) is 5.02 Å². The molecule has 2 aromatic rings. The van der Waals surface area contributed by atoms with Crippen molar-refractivity contribution in [1.29, 1.82) is 0 Å². The lowest BCUT2D eigenvalue weighted by Gasteiger charge is -2.03. The Kier molecular flexibility index (Phi) is 3.00. The van der Waals surface area contributed by atoms with Crippen molar-refractivity contribution in [2.45, 2.75) is 5.33 Å². The number of halogens is 2. The highest BCUT2D eigenvalue weighted by Gasteiger charge is 2.10. The summed E-state index contributed by atoms with van der Waals surface area (Å²) in [5.74, 6) is 0.779. The molecule has 0 fully saturated rings. The van der Waals surface area contributed by atoms with E-state index >= 15 is 0 Å². The number of hydrogen-bond acceptors (Lipinski definition) is 2. The average molecular weight is 292 g/mol. The van der Waals surface area contributed by atoms with Gasteiger partial charge in [-0.15, -0.1) is 11.3 Å². The van der Waals surface area contributed by atoms with Crippen LogP contribution in [0.15, 0.2) is 17.5 Å². The van der Waals surface area contributed by atoms with Gasteiger partial charge in [0, 0.05) is 10.7 Å². The summed E-state index contributed by atoms with van der Waals surface area (Å²) in [6.45, 7) is 0. The van der Waals surface area contributed by atoms with E-state index in [1.165, 1.54) is 10.9 Å². The molecule has 0 atom stereocenters. The van der Waals surface area contributed by atoms with Gasteiger partial charge in [-0.1, -0.05) is 33.6 Å². The number of rotatable bonds is 2. The highest BCUT2D eigenvalue weighted by molar-refractivity contribution is 9.08. The van der Waals surface area contributed by atoms with Crippen LogP contribution in [0, 0.1) is 0 Å². The maximum Gasteiger partial charge on any atom is 0.155 e. The molecule has 14 heavy (non-hydrogen) atoms. The van der Waals surface area contributed by atoms with Crippen LogP contribution in [0.5, 0.6) is 5.75 Å². The smallest absolute Gasteiger partial charge is 0.155 e. The summed E-state index contributed by atoms with van der Waals surface area (Å²) >= 11 is 11.1. The molecule has 0 radical (unpaired) electrons. The normalized spacial score (nSPS) is 10.8. The van der Waals surface area contributed by atoms with Crippen LogP contribution in [-0.2, 0) is 5.33 Å². The molecule has 0 unspecified atom stereocenters. The Labute approximate surface area is 99.8 Å². The second kappa shape index (κ2) is 4.09. The van der Waals surface area contributed by atoms with E-state index in [4.69, 9.17) is 16.3 Å². The first-order valence-corrected chi connectivity index (χ1v) is 6.44. The van der Waals surface area contributed by atoms with Gasteiger partial charge in [0.2, 0.25) is 0 Å². The lowest BCUT2D eigenvalue weighted by Crippen LogP contribution is -1.84. The summed E-state index contributed by atoms with van der Waals surface area (Å²) in [7, 11) is 1.65. The minimum absolute atomic E-state index is 0.669. The number of methoxy groups -OCH3 is 1. The molecule has 2 rings (SSSR count). The third kappa shape index (κ3) is 1.53. The zero-order valence-corrected chi connectivity index (χ0v) is 10.7. The monoisotopic (exact) mass is 290 g/mol. The van der Waals surface area contributed by atoms with E-state index in [0.717, 1.165) is 15.8 Å². The largest absolute Gasteiger partial charge is 0.494 e. The van der Waals surface area contributed by atoms with Gasteiger partial charge in [0.25, 0.3) is 0 Å². The highest BCUT2D eigenvalue weighted by Crippen LogP contribution is 2.39. The van der Waals surface area contributed by atoms with Gasteiger partial charge in [-0.05, 0) is 17.0 Å². The van der Waals surface area contributed by atoms with E-state index in [0.29, 0.717) is 5.02 Å². The second-order valence-electron chi connectivity index (χ2n) is 2.85. The first-order chi connectivity index (χ1) is 6.77. The Morgan fingerprint density at radius 2 is 2.29 bits per heavy atom. The van der Waals surface area contributed by atoms with Gasteiger partial charge in [-0.25, -0.2) is 0 Å². The molecule has 0 saturated carbocycles. The van der Waals surface area contributed by atoms with Crippen molar-refractivity contribution in [2.75, 3.05) is 7.11 Å². The van der Waals surface area contributed by atoms with Gasteiger partial charge in [-0.3, -0.25) is 0 Å². The zero-order valence-electron chi connectivity index (χ0n) is 7.51. The summed E-state index contributed by atoms with van der Waals surface area (Å²) in [5.41, 5.74) is 1.28. The predicted molar refractivity (Wildman–Crippen MR) is 66.0 cm³/mol. The second-order valence-corrected chi connectivity index (χ2v) is 4.70. The summed E-state index contributed by atoms with van der Waals surface area (Å²) in [5, 5.41) is 4.87. The first-order valence-electron chi connectivity index (χ1n) is 4.06. The SMILES string of the molecule is COc1c(Cl)ccc2c(CBr)csc12. The molecule has 1 aromatic carbocycles. The van der Waals surface area contributed by atoms with Crippen LogP contribution in [0.4, 0.5) is 0 Å². The number of ether oxygens (including phenoxy) is 1. The minimum atomic E-state index is 0.669. The summed E-state index contributed by atoms with van der Waals surface area (Å²) in [6, 6.07) is 3.91. The van der Waals surface area contributed by atoms with Crippen LogP contribution in [0.3, 0.4) is 0 Å². The molecule has 74 valence electrons. The van der Waals surface area contributed by atoms with Crippen molar-refractivity contribution in [3.05, 3.63) is 28.1 Å². The van der Waals surface area contributed by atoms with Crippen LogP contribution in [-0.4, -0.2) is 7.11 Å². The average Bonchev–Trinajstić information content (AvgIpc) is 2.60. The number of thiophene rings is 1. The van der Waals surface area contributed by atoms with Crippen molar-refractivity contribution >= 4 is 49.0 Å². The molecule has 0 bridgehead atoms. The van der Waals surface area contributed by atoms with Crippen LogP contribution >= 0.6 is 38.9 Å². The number of alkyl halides is 1. The molecule has 1 heterocycles. The van der Waals surface area contributed by atoms with E-state index < -0.39 is 0 Å². The van der Waals surface area contributed by atoms with Gasteiger partial charge < -0.3 is 4.74 Å². The third-order valence-corrected chi connectivity index (χ3v) is 4.02. The Morgan fingerprint density at radius 3 is 2.93 bits per heavy atom. The zero-order chi connectivity index (χ0) is 10.1. The van der Waals surface area contributed by atoms with E-state index in [-0.39, 0.29) is 0 Å². The van der Waals surface area contributed by atoms with E-state index in [9.17, 15) is 0 Å². The van der Waals surface area contributed by atoms with Gasteiger partial charge >= 0.3 is 0 Å². The van der Waals surface area contributed by atoms with Gasteiger partial charge in [0.15, 0.2) is 5.75 Å². The van der Waals surface area contributed by atoms with E-state index in [1.807, 2.05) is 12.1 Å². The van der Waals surface area contributed by atoms with Gasteiger partial charge in [0.05, 0.1) is 16.8 Å². The van der Waals surface area contributed by atoms with E-state index in [2.05, 4.69) is 21.3 Å². The minimum Gasteiger partial charge on any atom is -0.494 e. The lowest BCUT2D eigenvalue weighted by molar-refractivity contribution is 0.420. The molecule has 0 aliphatic carbocycles. The quantitative estimate of drug-likeness (QED) is 0.742.